The summed E-state index contributed by atoms with van der Waals surface area (Å²) in [6.45, 7) is 1.98. The Bertz CT molecular complexity index is 801. The number of rotatable bonds is 2. The van der Waals surface area contributed by atoms with Crippen LogP contribution in [0.5, 0.6) is 5.75 Å². The van der Waals surface area contributed by atoms with Crippen molar-refractivity contribution in [3.8, 4) is 16.3 Å². The van der Waals surface area contributed by atoms with Crippen LogP contribution >= 0.6 is 11.3 Å². The fourth-order valence-electron chi connectivity index (χ4n) is 3.07. The van der Waals surface area contributed by atoms with Crippen molar-refractivity contribution in [2.75, 3.05) is 0 Å². The van der Waals surface area contributed by atoms with Gasteiger partial charge in [0.2, 0.25) is 4.96 Å². The molecule has 1 fully saturated rings. The number of benzene rings is 1. The van der Waals surface area contributed by atoms with E-state index in [1.54, 1.807) is 23.5 Å². The predicted molar refractivity (Wildman–Crippen MR) is 81.7 cm³/mol. The van der Waals surface area contributed by atoms with E-state index in [2.05, 4.69) is 10.2 Å². The van der Waals surface area contributed by atoms with Crippen LogP contribution < -0.4 is 0 Å². The summed E-state index contributed by atoms with van der Waals surface area (Å²) in [6, 6.07) is 5.36. The first kappa shape index (κ1) is 12.8. The number of aromatic nitrogens is 4. The van der Waals surface area contributed by atoms with Crippen LogP contribution in [-0.2, 0) is 0 Å². The van der Waals surface area contributed by atoms with Crippen molar-refractivity contribution in [2.45, 2.75) is 38.5 Å². The smallest absolute Gasteiger partial charge is 0.234 e. The minimum atomic E-state index is 0.283. The Morgan fingerprint density at radius 2 is 2.05 bits per heavy atom. The van der Waals surface area contributed by atoms with Gasteiger partial charge in [0.15, 0.2) is 5.82 Å². The summed E-state index contributed by atoms with van der Waals surface area (Å²) in [7, 11) is 0. The van der Waals surface area contributed by atoms with Crippen LogP contribution in [0.4, 0.5) is 0 Å². The summed E-state index contributed by atoms with van der Waals surface area (Å²) >= 11 is 1.55. The van der Waals surface area contributed by atoms with E-state index in [-0.39, 0.29) is 5.75 Å². The van der Waals surface area contributed by atoms with Crippen LogP contribution in [0.2, 0.25) is 0 Å². The minimum Gasteiger partial charge on any atom is -0.508 e. The molecule has 3 aromatic rings. The molecule has 0 bridgehead atoms. The fraction of sp³-hybridized carbons (Fsp3) is 0.400. The molecule has 108 valence electrons. The topological polar surface area (TPSA) is 63.3 Å². The van der Waals surface area contributed by atoms with Crippen LogP contribution in [0.15, 0.2) is 18.2 Å². The molecule has 0 amide bonds. The molecule has 2 heterocycles. The van der Waals surface area contributed by atoms with E-state index >= 15 is 0 Å². The molecule has 0 unspecified atom stereocenters. The Morgan fingerprint density at radius 3 is 2.81 bits per heavy atom. The average Bonchev–Trinajstić information content (AvgIpc) is 3.13. The number of nitrogens with zero attached hydrogens (tertiary/aromatic N) is 4. The molecular weight excluding hydrogens is 284 g/mol. The molecule has 1 saturated carbocycles. The van der Waals surface area contributed by atoms with E-state index in [4.69, 9.17) is 5.10 Å². The van der Waals surface area contributed by atoms with E-state index in [1.165, 1.54) is 25.7 Å². The molecule has 1 N–H and O–H groups in total. The maximum absolute atomic E-state index is 9.53. The molecule has 5 nitrogen and oxygen atoms in total. The van der Waals surface area contributed by atoms with Crippen molar-refractivity contribution in [1.29, 1.82) is 0 Å². The van der Waals surface area contributed by atoms with Crippen molar-refractivity contribution < 1.29 is 5.11 Å². The maximum Gasteiger partial charge on any atom is 0.234 e. The largest absolute Gasteiger partial charge is 0.508 e. The van der Waals surface area contributed by atoms with Gasteiger partial charge in [-0.25, -0.2) is 0 Å². The van der Waals surface area contributed by atoms with Crippen LogP contribution in [0, 0.1) is 6.92 Å². The lowest BCUT2D eigenvalue weighted by atomic mass is 10.1. The van der Waals surface area contributed by atoms with Crippen molar-refractivity contribution in [3.05, 3.63) is 29.6 Å². The highest BCUT2D eigenvalue weighted by Crippen LogP contribution is 2.35. The summed E-state index contributed by atoms with van der Waals surface area (Å²) in [6.07, 6.45) is 4.92. The van der Waals surface area contributed by atoms with Crippen LogP contribution in [0.3, 0.4) is 0 Å². The lowest BCUT2D eigenvalue weighted by Crippen LogP contribution is -2.01. The van der Waals surface area contributed by atoms with Crippen molar-refractivity contribution in [3.63, 3.8) is 0 Å². The van der Waals surface area contributed by atoms with Gasteiger partial charge in [0, 0.05) is 11.5 Å². The Kier molecular flexibility index (Phi) is 2.92. The van der Waals surface area contributed by atoms with Gasteiger partial charge in [0.1, 0.15) is 10.8 Å². The highest BCUT2D eigenvalue weighted by atomic mass is 32.1. The molecule has 0 atom stereocenters. The number of aromatic hydroxyl groups is 1. The highest BCUT2D eigenvalue weighted by molar-refractivity contribution is 7.19. The molecule has 1 aliphatic rings. The molecule has 6 heteroatoms. The quantitative estimate of drug-likeness (QED) is 0.786. The Morgan fingerprint density at radius 1 is 1.24 bits per heavy atom. The zero-order valence-electron chi connectivity index (χ0n) is 11.8. The third-order valence-electron chi connectivity index (χ3n) is 4.18. The standard InChI is InChI=1S/C15H16N4OS/c1-9-8-11(20)6-7-12(9)14-18-19-13(10-4-2-3-5-10)16-17-15(19)21-14/h6-8,10,20H,2-5H2,1H3. The summed E-state index contributed by atoms with van der Waals surface area (Å²) in [5.41, 5.74) is 2.06. The van der Waals surface area contributed by atoms with E-state index in [1.807, 2.05) is 17.5 Å². The predicted octanol–water partition coefficient (Wildman–Crippen LogP) is 3.52. The number of phenolic OH excluding ortho intramolecular Hbond substituents is 1. The number of phenols is 1. The molecule has 1 aliphatic carbocycles. The van der Waals surface area contributed by atoms with Gasteiger partial charge in [-0.15, -0.1) is 10.2 Å². The van der Waals surface area contributed by atoms with Gasteiger partial charge < -0.3 is 5.11 Å². The Balaban J connectivity index is 1.80. The molecule has 0 saturated heterocycles. The van der Waals surface area contributed by atoms with Crippen molar-refractivity contribution in [2.24, 2.45) is 0 Å². The van der Waals surface area contributed by atoms with E-state index in [9.17, 15) is 5.11 Å². The zero-order chi connectivity index (χ0) is 14.4. The van der Waals surface area contributed by atoms with Gasteiger partial charge in [-0.05, 0) is 43.5 Å². The van der Waals surface area contributed by atoms with Crippen molar-refractivity contribution >= 4 is 16.3 Å². The molecule has 0 spiro atoms. The second kappa shape index (κ2) is 4.80. The lowest BCUT2D eigenvalue weighted by molar-refractivity contribution is 0.475. The van der Waals surface area contributed by atoms with Gasteiger partial charge in [0.25, 0.3) is 0 Å². The lowest BCUT2D eigenvalue weighted by Gasteiger charge is -2.04. The van der Waals surface area contributed by atoms with Crippen molar-refractivity contribution in [1.82, 2.24) is 19.8 Å². The van der Waals surface area contributed by atoms with Gasteiger partial charge in [-0.3, -0.25) is 0 Å². The molecule has 21 heavy (non-hydrogen) atoms. The van der Waals surface area contributed by atoms with Gasteiger partial charge in [-0.1, -0.05) is 24.2 Å². The molecule has 1 aromatic carbocycles. The van der Waals surface area contributed by atoms with Crippen LogP contribution in [0.25, 0.3) is 15.5 Å². The third kappa shape index (κ3) is 2.10. The van der Waals surface area contributed by atoms with E-state index < -0.39 is 0 Å². The number of aryl methyl sites for hydroxylation is 1. The zero-order valence-corrected chi connectivity index (χ0v) is 12.6. The molecule has 2 aromatic heterocycles. The number of fused-ring (bicyclic) bond motifs is 1. The number of hydrogen-bond acceptors (Lipinski definition) is 5. The second-order valence-electron chi connectivity index (χ2n) is 5.64. The maximum atomic E-state index is 9.53. The SMILES string of the molecule is Cc1cc(O)ccc1-c1nn2c(C3CCCC3)nnc2s1. The molecule has 4 rings (SSSR count). The Labute approximate surface area is 126 Å². The molecule has 0 radical (unpaired) electrons. The van der Waals surface area contributed by atoms with Crippen LogP contribution in [-0.4, -0.2) is 24.9 Å². The van der Waals surface area contributed by atoms with Gasteiger partial charge in [-0.2, -0.15) is 9.61 Å². The van der Waals surface area contributed by atoms with Gasteiger partial charge in [0.05, 0.1) is 0 Å². The average molecular weight is 300 g/mol. The number of hydrogen-bond donors (Lipinski definition) is 1. The first-order valence-electron chi connectivity index (χ1n) is 7.24. The minimum absolute atomic E-state index is 0.283. The van der Waals surface area contributed by atoms with Crippen LogP contribution in [0.1, 0.15) is 43.0 Å². The fourth-order valence-corrected chi connectivity index (χ4v) is 4.00. The third-order valence-corrected chi connectivity index (χ3v) is 5.11. The normalized spacial score (nSPS) is 16.0. The first-order chi connectivity index (χ1) is 10.2. The summed E-state index contributed by atoms with van der Waals surface area (Å²) in [4.78, 5) is 0.847. The molecular formula is C15H16N4OS. The van der Waals surface area contributed by atoms with E-state index in [0.717, 1.165) is 26.9 Å². The second-order valence-corrected chi connectivity index (χ2v) is 6.60. The monoisotopic (exact) mass is 300 g/mol. The summed E-state index contributed by atoms with van der Waals surface area (Å²) < 4.78 is 1.91. The first-order valence-corrected chi connectivity index (χ1v) is 8.06. The van der Waals surface area contributed by atoms with Gasteiger partial charge >= 0.3 is 0 Å². The summed E-state index contributed by atoms with van der Waals surface area (Å²) in [5, 5.41) is 23.8. The Hall–Kier alpha value is -1.95. The molecule has 0 aliphatic heterocycles. The summed E-state index contributed by atoms with van der Waals surface area (Å²) in [5.74, 6) is 1.78. The van der Waals surface area contributed by atoms with E-state index in [0.29, 0.717) is 5.92 Å². The highest BCUT2D eigenvalue weighted by Gasteiger charge is 2.24.